The van der Waals surface area contributed by atoms with Gasteiger partial charge >= 0.3 is 5.56 Å². The van der Waals surface area contributed by atoms with Crippen molar-refractivity contribution in [1.82, 2.24) is 4.68 Å². The number of pyridine rings is 2. The normalized spacial score (nSPS) is 9.62. The Morgan fingerprint density at radius 3 is 2.25 bits per heavy atom. The number of aryl methyl sites for hydroxylation is 2. The summed E-state index contributed by atoms with van der Waals surface area (Å²) >= 11 is 0. The van der Waals surface area contributed by atoms with Crippen molar-refractivity contribution in [2.75, 3.05) is 0 Å². The fourth-order valence-corrected chi connectivity index (χ4v) is 1.40. The maximum absolute atomic E-state index is 11.7. The van der Waals surface area contributed by atoms with Gasteiger partial charge in [-0.3, -0.25) is 4.79 Å². The first-order chi connectivity index (χ1) is 7.16. The van der Waals surface area contributed by atoms with Gasteiger partial charge < -0.3 is 24.0 Å². The summed E-state index contributed by atoms with van der Waals surface area (Å²) in [6.07, 6.45) is 5.51. The monoisotopic (exact) mass is 328 g/mol. The molecule has 0 bridgehead atoms. The van der Waals surface area contributed by atoms with E-state index in [1.807, 2.05) is 44.4 Å². The third kappa shape index (κ3) is 2.69. The van der Waals surface area contributed by atoms with Gasteiger partial charge in [0.25, 0.3) is 0 Å². The van der Waals surface area contributed by atoms with Crippen LogP contribution in [0.5, 0.6) is 0 Å². The fourth-order valence-electron chi connectivity index (χ4n) is 1.40. The van der Waals surface area contributed by atoms with Gasteiger partial charge in [0.2, 0.25) is 12.4 Å². The third-order valence-electron chi connectivity index (χ3n) is 2.28. The molecule has 2 rings (SSSR count). The number of aromatic nitrogens is 2. The minimum absolute atomic E-state index is 0. The summed E-state index contributed by atoms with van der Waals surface area (Å²) in [6.45, 7) is 3.92. The highest BCUT2D eigenvalue weighted by Gasteiger charge is 2.04. The Balaban J connectivity index is 0.00000128. The second-order valence-corrected chi connectivity index (χ2v) is 3.64. The summed E-state index contributed by atoms with van der Waals surface area (Å²) in [5, 5.41) is 0. The lowest BCUT2D eigenvalue weighted by Gasteiger charge is -1.99. The molecular formula is C12H13IN2O. The Hall–Kier alpha value is -1.17. The fraction of sp³-hybridized carbons (Fsp3) is 0.167. The molecule has 0 spiro atoms. The molecule has 0 N–H and O–H groups in total. The minimum atomic E-state index is -0.0242. The molecule has 84 valence electrons. The molecule has 0 aliphatic rings. The highest BCUT2D eigenvalue weighted by atomic mass is 127. The lowest BCUT2D eigenvalue weighted by molar-refractivity contribution is -0.730. The average molecular weight is 328 g/mol. The van der Waals surface area contributed by atoms with Crippen LogP contribution in [0.2, 0.25) is 0 Å². The van der Waals surface area contributed by atoms with Crippen molar-refractivity contribution < 1.29 is 28.7 Å². The van der Waals surface area contributed by atoms with Gasteiger partial charge in [-0.15, -0.1) is 0 Å². The Kier molecular flexibility index (Phi) is 4.23. The van der Waals surface area contributed by atoms with Crippen LogP contribution in [0, 0.1) is 13.8 Å². The topological polar surface area (TPSA) is 25.9 Å². The largest absolute Gasteiger partial charge is 1.00 e. The van der Waals surface area contributed by atoms with Crippen molar-refractivity contribution in [3.05, 3.63) is 64.3 Å². The summed E-state index contributed by atoms with van der Waals surface area (Å²) < 4.78 is 3.32. The number of rotatable bonds is 1. The summed E-state index contributed by atoms with van der Waals surface area (Å²) in [5.41, 5.74) is 2.12. The highest BCUT2D eigenvalue weighted by Crippen LogP contribution is 1.91. The van der Waals surface area contributed by atoms with E-state index in [1.165, 1.54) is 5.56 Å². The van der Waals surface area contributed by atoms with Crippen LogP contribution in [0.1, 0.15) is 11.1 Å². The molecule has 0 atom stereocenters. The van der Waals surface area contributed by atoms with Crippen molar-refractivity contribution in [3.8, 4) is 0 Å². The number of hydrogen-bond donors (Lipinski definition) is 0. The lowest BCUT2D eigenvalue weighted by Crippen LogP contribution is -3.00. The van der Waals surface area contributed by atoms with Crippen molar-refractivity contribution in [2.24, 2.45) is 0 Å². The molecule has 2 aromatic rings. The van der Waals surface area contributed by atoms with Crippen LogP contribution in [-0.4, -0.2) is 4.68 Å². The second kappa shape index (κ2) is 5.25. The van der Waals surface area contributed by atoms with Crippen LogP contribution in [-0.2, 0) is 0 Å². The SMILES string of the molecule is Cc1cc[n+](-n2ccc(C)cc2=O)cc1.[I-]. The van der Waals surface area contributed by atoms with E-state index in [0.29, 0.717) is 0 Å². The van der Waals surface area contributed by atoms with E-state index >= 15 is 0 Å². The molecule has 0 fully saturated rings. The first kappa shape index (κ1) is 12.9. The molecule has 16 heavy (non-hydrogen) atoms. The van der Waals surface area contributed by atoms with Crippen LogP contribution in [0.4, 0.5) is 0 Å². The van der Waals surface area contributed by atoms with Gasteiger partial charge in [0.15, 0.2) is 0 Å². The van der Waals surface area contributed by atoms with E-state index in [1.54, 1.807) is 21.6 Å². The average Bonchev–Trinajstić information content (AvgIpc) is 2.20. The van der Waals surface area contributed by atoms with E-state index in [4.69, 9.17) is 0 Å². The molecule has 0 aromatic carbocycles. The van der Waals surface area contributed by atoms with Crippen molar-refractivity contribution >= 4 is 0 Å². The molecule has 3 nitrogen and oxygen atoms in total. The molecule has 2 aromatic heterocycles. The molecule has 0 radical (unpaired) electrons. The Morgan fingerprint density at radius 2 is 1.69 bits per heavy atom. The lowest BCUT2D eigenvalue weighted by atomic mass is 10.3. The molecule has 0 aliphatic carbocycles. The summed E-state index contributed by atoms with van der Waals surface area (Å²) in [6, 6.07) is 7.46. The Bertz CT molecular complexity index is 531. The summed E-state index contributed by atoms with van der Waals surface area (Å²) in [5.74, 6) is 0. The van der Waals surface area contributed by atoms with Crippen molar-refractivity contribution in [3.63, 3.8) is 0 Å². The van der Waals surface area contributed by atoms with Gasteiger partial charge in [0.05, 0.1) is 6.20 Å². The minimum Gasteiger partial charge on any atom is -1.00 e. The summed E-state index contributed by atoms with van der Waals surface area (Å²) in [4.78, 5) is 11.7. The Morgan fingerprint density at radius 1 is 1.06 bits per heavy atom. The van der Waals surface area contributed by atoms with Crippen LogP contribution in [0.15, 0.2) is 47.7 Å². The Labute approximate surface area is 111 Å². The molecule has 0 aliphatic heterocycles. The molecule has 0 unspecified atom stereocenters. The zero-order valence-electron chi connectivity index (χ0n) is 9.22. The van der Waals surface area contributed by atoms with E-state index in [2.05, 4.69) is 0 Å². The molecule has 0 saturated carbocycles. The zero-order chi connectivity index (χ0) is 10.8. The van der Waals surface area contributed by atoms with Gasteiger partial charge in [-0.1, -0.05) is 9.35 Å². The first-order valence-electron chi connectivity index (χ1n) is 4.85. The third-order valence-corrected chi connectivity index (χ3v) is 2.28. The molecule has 4 heteroatoms. The number of halogens is 1. The molecular weight excluding hydrogens is 315 g/mol. The van der Waals surface area contributed by atoms with Gasteiger partial charge in [0.1, 0.15) is 0 Å². The van der Waals surface area contributed by atoms with E-state index in [0.717, 1.165) is 5.56 Å². The predicted molar refractivity (Wildman–Crippen MR) is 57.6 cm³/mol. The molecule has 0 amide bonds. The maximum Gasteiger partial charge on any atom is 0.306 e. The predicted octanol–water partition coefficient (Wildman–Crippen LogP) is -1.93. The number of hydrogen-bond acceptors (Lipinski definition) is 1. The van der Waals surface area contributed by atoms with Gasteiger partial charge in [-0.2, -0.15) is 0 Å². The van der Waals surface area contributed by atoms with E-state index < -0.39 is 0 Å². The van der Waals surface area contributed by atoms with Gasteiger partial charge in [-0.05, 0) is 31.0 Å². The highest BCUT2D eigenvalue weighted by molar-refractivity contribution is 5.07. The standard InChI is InChI=1S/C12H13N2O.HI/c1-10-3-6-13(7-4-10)14-8-5-11(2)9-12(14)15;/h3-9H,1-2H3;1H/q+1;/p-1. The first-order valence-corrected chi connectivity index (χ1v) is 4.85. The van der Waals surface area contributed by atoms with Crippen molar-refractivity contribution in [2.45, 2.75) is 13.8 Å². The van der Waals surface area contributed by atoms with Gasteiger partial charge in [-0.25, -0.2) is 0 Å². The smallest absolute Gasteiger partial charge is 0.306 e. The molecule has 0 saturated heterocycles. The van der Waals surface area contributed by atoms with Crippen LogP contribution in [0.3, 0.4) is 0 Å². The van der Waals surface area contributed by atoms with Crippen LogP contribution >= 0.6 is 0 Å². The second-order valence-electron chi connectivity index (χ2n) is 3.64. The quantitative estimate of drug-likeness (QED) is 0.442. The van der Waals surface area contributed by atoms with Crippen molar-refractivity contribution in [1.29, 1.82) is 0 Å². The van der Waals surface area contributed by atoms with Gasteiger partial charge in [0, 0.05) is 18.2 Å². The maximum atomic E-state index is 11.7. The van der Waals surface area contributed by atoms with E-state index in [9.17, 15) is 4.79 Å². The summed E-state index contributed by atoms with van der Waals surface area (Å²) in [7, 11) is 0. The van der Waals surface area contributed by atoms with Crippen LogP contribution in [0.25, 0.3) is 0 Å². The van der Waals surface area contributed by atoms with Crippen LogP contribution < -0.4 is 34.2 Å². The zero-order valence-corrected chi connectivity index (χ0v) is 11.4. The number of nitrogens with zero attached hydrogens (tertiary/aromatic N) is 2. The van der Waals surface area contributed by atoms with E-state index in [-0.39, 0.29) is 29.5 Å². The molecule has 2 heterocycles.